The van der Waals surface area contributed by atoms with Gasteiger partial charge in [0.05, 0.1) is 10.6 Å². The maximum Gasteiger partial charge on any atom is 0.196 e. The van der Waals surface area contributed by atoms with E-state index in [-0.39, 0.29) is 11.6 Å². The van der Waals surface area contributed by atoms with Gasteiger partial charge in [0.25, 0.3) is 0 Å². The van der Waals surface area contributed by atoms with Crippen LogP contribution in [0.1, 0.15) is 15.9 Å². The van der Waals surface area contributed by atoms with Crippen LogP contribution in [0, 0.1) is 0 Å². The van der Waals surface area contributed by atoms with Crippen LogP contribution in [-0.4, -0.2) is 15.8 Å². The van der Waals surface area contributed by atoms with Crippen molar-refractivity contribution in [3.63, 3.8) is 0 Å². The van der Waals surface area contributed by atoms with Gasteiger partial charge in [-0.2, -0.15) is 0 Å². The van der Waals surface area contributed by atoms with Crippen LogP contribution in [-0.2, 0) is 0 Å². The summed E-state index contributed by atoms with van der Waals surface area (Å²) in [5, 5.41) is 0.381. The third-order valence-corrected chi connectivity index (χ3v) is 2.28. The predicted molar refractivity (Wildman–Crippen MR) is 61.3 cm³/mol. The van der Waals surface area contributed by atoms with E-state index in [0.29, 0.717) is 16.1 Å². The summed E-state index contributed by atoms with van der Waals surface area (Å²) in [5.41, 5.74) is 6.43. The van der Waals surface area contributed by atoms with Crippen molar-refractivity contribution in [2.45, 2.75) is 0 Å². The van der Waals surface area contributed by atoms with E-state index < -0.39 is 0 Å². The third-order valence-electron chi connectivity index (χ3n) is 2.07. The van der Waals surface area contributed by atoms with E-state index in [4.69, 9.17) is 17.3 Å². The van der Waals surface area contributed by atoms with Crippen molar-refractivity contribution in [2.75, 3.05) is 5.73 Å². The van der Waals surface area contributed by atoms with Crippen molar-refractivity contribution in [2.24, 2.45) is 0 Å². The smallest absolute Gasteiger partial charge is 0.196 e. The van der Waals surface area contributed by atoms with E-state index in [1.165, 1.54) is 12.3 Å². The van der Waals surface area contributed by atoms with E-state index in [2.05, 4.69) is 9.97 Å². The molecule has 0 aliphatic rings. The molecule has 2 aromatic heterocycles. The molecule has 4 nitrogen and oxygen atoms in total. The molecule has 0 amide bonds. The van der Waals surface area contributed by atoms with Crippen LogP contribution < -0.4 is 5.73 Å². The number of hydrogen-bond acceptors (Lipinski definition) is 4. The van der Waals surface area contributed by atoms with Gasteiger partial charge in [-0.25, -0.2) is 4.98 Å². The van der Waals surface area contributed by atoms with Gasteiger partial charge in [0.2, 0.25) is 0 Å². The van der Waals surface area contributed by atoms with Gasteiger partial charge in [-0.15, -0.1) is 0 Å². The topological polar surface area (TPSA) is 68.9 Å². The zero-order valence-corrected chi connectivity index (χ0v) is 8.98. The zero-order valence-electron chi connectivity index (χ0n) is 8.22. The van der Waals surface area contributed by atoms with Crippen LogP contribution in [0.3, 0.4) is 0 Å². The zero-order chi connectivity index (χ0) is 11.5. The first-order chi connectivity index (χ1) is 7.68. The fourth-order valence-electron chi connectivity index (χ4n) is 1.29. The molecule has 0 unspecified atom stereocenters. The fraction of sp³-hybridized carbons (Fsp3) is 0. The molecule has 0 bridgehead atoms. The summed E-state index contributed by atoms with van der Waals surface area (Å²) in [7, 11) is 0. The maximum atomic E-state index is 12.0. The Bertz CT molecular complexity index is 528. The molecule has 2 heterocycles. The monoisotopic (exact) mass is 233 g/mol. The van der Waals surface area contributed by atoms with E-state index in [0.717, 1.165) is 0 Å². The van der Waals surface area contributed by atoms with Gasteiger partial charge in [0.15, 0.2) is 5.78 Å². The molecule has 0 saturated heterocycles. The second-order valence-electron chi connectivity index (χ2n) is 3.15. The number of nitrogens with two attached hydrogens (primary N) is 1. The lowest BCUT2D eigenvalue weighted by atomic mass is 10.1. The lowest BCUT2D eigenvalue weighted by Gasteiger charge is -2.03. The first-order valence-corrected chi connectivity index (χ1v) is 4.92. The Morgan fingerprint density at radius 2 is 2.00 bits per heavy atom. The first kappa shape index (κ1) is 10.6. The molecule has 80 valence electrons. The molecule has 0 aliphatic heterocycles. The highest BCUT2D eigenvalue weighted by atomic mass is 35.5. The number of pyridine rings is 2. The number of ketones is 1. The number of hydrogen-bond donors (Lipinski definition) is 1. The summed E-state index contributed by atoms with van der Waals surface area (Å²) in [4.78, 5) is 19.7. The number of rotatable bonds is 2. The van der Waals surface area contributed by atoms with Crippen molar-refractivity contribution in [3.8, 4) is 0 Å². The van der Waals surface area contributed by atoms with Crippen LogP contribution in [0.2, 0.25) is 5.02 Å². The Kier molecular flexibility index (Phi) is 2.83. The minimum absolute atomic E-state index is 0.172. The van der Waals surface area contributed by atoms with E-state index in [9.17, 15) is 4.79 Å². The first-order valence-electron chi connectivity index (χ1n) is 4.54. The predicted octanol–water partition coefficient (Wildman–Crippen LogP) is 1.94. The van der Waals surface area contributed by atoms with Gasteiger partial charge in [-0.05, 0) is 18.2 Å². The average molecular weight is 234 g/mol. The number of carbonyl (C=O) groups excluding carboxylic acids is 1. The quantitative estimate of drug-likeness (QED) is 0.805. The van der Waals surface area contributed by atoms with Crippen LogP contribution >= 0.6 is 11.6 Å². The van der Waals surface area contributed by atoms with Crippen molar-refractivity contribution >= 4 is 23.2 Å². The summed E-state index contributed by atoms with van der Waals surface area (Å²) in [6.07, 6.45) is 4.49. The number of nitrogen functional groups attached to an aromatic ring is 1. The standard InChI is InChI=1S/C11H8ClN3O/c12-8-5-9(11(13)15-6-8)10(16)7-1-3-14-4-2-7/h1-6H,(H2,13,15). The lowest BCUT2D eigenvalue weighted by molar-refractivity contribution is 0.103. The number of carbonyl (C=O) groups is 1. The van der Waals surface area contributed by atoms with Crippen LogP contribution in [0.25, 0.3) is 0 Å². The summed E-state index contributed by atoms with van der Waals surface area (Å²) >= 11 is 5.77. The number of anilines is 1. The molecular weight excluding hydrogens is 226 g/mol. The number of nitrogens with zero attached hydrogens (tertiary/aromatic N) is 2. The highest BCUT2D eigenvalue weighted by molar-refractivity contribution is 6.31. The average Bonchev–Trinajstić information content (AvgIpc) is 2.32. The SMILES string of the molecule is Nc1ncc(Cl)cc1C(=O)c1ccncc1. The van der Waals surface area contributed by atoms with Gasteiger partial charge in [-0.3, -0.25) is 9.78 Å². The van der Waals surface area contributed by atoms with Gasteiger partial charge >= 0.3 is 0 Å². The second-order valence-corrected chi connectivity index (χ2v) is 3.59. The highest BCUT2D eigenvalue weighted by Crippen LogP contribution is 2.18. The van der Waals surface area contributed by atoms with Crippen molar-refractivity contribution in [3.05, 3.63) is 52.9 Å². The van der Waals surface area contributed by atoms with Gasteiger partial charge in [-0.1, -0.05) is 11.6 Å². The molecule has 16 heavy (non-hydrogen) atoms. The third kappa shape index (κ3) is 2.01. The minimum atomic E-state index is -0.213. The van der Waals surface area contributed by atoms with Crippen molar-refractivity contribution in [1.29, 1.82) is 0 Å². The molecule has 0 aromatic carbocycles. The van der Waals surface area contributed by atoms with E-state index in [1.54, 1.807) is 24.5 Å². The summed E-state index contributed by atoms with van der Waals surface area (Å²) in [5.74, 6) is -0.0406. The normalized spacial score (nSPS) is 10.1. The molecule has 2 aromatic rings. The Balaban J connectivity index is 2.46. The van der Waals surface area contributed by atoms with Gasteiger partial charge < -0.3 is 5.73 Å². The summed E-state index contributed by atoms with van der Waals surface area (Å²) < 4.78 is 0. The van der Waals surface area contributed by atoms with Gasteiger partial charge in [0, 0.05) is 24.2 Å². The number of halogens is 1. The summed E-state index contributed by atoms with van der Waals surface area (Å²) in [6.45, 7) is 0. The largest absolute Gasteiger partial charge is 0.383 e. The molecule has 0 saturated carbocycles. The Labute approximate surface area is 97.1 Å². The van der Waals surface area contributed by atoms with Crippen LogP contribution in [0.4, 0.5) is 5.82 Å². The fourth-order valence-corrected chi connectivity index (χ4v) is 1.45. The van der Waals surface area contributed by atoms with E-state index >= 15 is 0 Å². The molecule has 0 radical (unpaired) electrons. The molecule has 0 spiro atoms. The number of aromatic nitrogens is 2. The van der Waals surface area contributed by atoms with Crippen LogP contribution in [0.15, 0.2) is 36.8 Å². The minimum Gasteiger partial charge on any atom is -0.383 e. The maximum absolute atomic E-state index is 12.0. The Morgan fingerprint density at radius 1 is 1.31 bits per heavy atom. The summed E-state index contributed by atoms with van der Waals surface area (Å²) in [6, 6.07) is 4.73. The Hall–Kier alpha value is -1.94. The molecule has 0 fully saturated rings. The molecule has 2 N–H and O–H groups in total. The van der Waals surface area contributed by atoms with Gasteiger partial charge in [0.1, 0.15) is 5.82 Å². The molecule has 2 rings (SSSR count). The Morgan fingerprint density at radius 3 is 2.69 bits per heavy atom. The van der Waals surface area contributed by atoms with Crippen LogP contribution in [0.5, 0.6) is 0 Å². The van der Waals surface area contributed by atoms with Crippen molar-refractivity contribution in [1.82, 2.24) is 9.97 Å². The molecular formula is C11H8ClN3O. The molecule has 5 heteroatoms. The molecule has 0 aliphatic carbocycles. The highest BCUT2D eigenvalue weighted by Gasteiger charge is 2.13. The van der Waals surface area contributed by atoms with Crippen molar-refractivity contribution < 1.29 is 4.79 Å². The van der Waals surface area contributed by atoms with E-state index in [1.807, 2.05) is 0 Å². The lowest BCUT2D eigenvalue weighted by Crippen LogP contribution is -2.06. The molecule has 0 atom stereocenters. The second kappa shape index (κ2) is 4.28.